The Bertz CT molecular complexity index is 947. The molecule has 0 saturated carbocycles. The molecule has 0 aliphatic rings. The second-order valence-electron chi connectivity index (χ2n) is 5.42. The summed E-state index contributed by atoms with van der Waals surface area (Å²) < 4.78 is 11.4. The van der Waals surface area contributed by atoms with Crippen LogP contribution in [0.15, 0.2) is 72.8 Å². The molecule has 3 aromatic rings. The summed E-state index contributed by atoms with van der Waals surface area (Å²) in [6.45, 7) is 0.206. The summed E-state index contributed by atoms with van der Waals surface area (Å²) in [5, 5.41) is 19.0. The Balaban J connectivity index is 1.98. The fraction of sp³-hybridized carbons (Fsp3) is 0.0476. The van der Waals surface area contributed by atoms with E-state index in [1.54, 1.807) is 24.3 Å². The lowest BCUT2D eigenvalue weighted by Gasteiger charge is -2.15. The van der Waals surface area contributed by atoms with E-state index in [0.29, 0.717) is 5.75 Å². The van der Waals surface area contributed by atoms with Crippen molar-refractivity contribution < 1.29 is 19.4 Å². The zero-order valence-electron chi connectivity index (χ0n) is 13.8. The maximum absolute atomic E-state index is 11.8. The molecule has 128 valence electrons. The van der Waals surface area contributed by atoms with E-state index in [9.17, 15) is 15.2 Å². The molecule has 0 aliphatic heterocycles. The molecule has 0 aromatic heterocycles. The van der Waals surface area contributed by atoms with E-state index in [4.69, 9.17) is 9.47 Å². The van der Waals surface area contributed by atoms with Gasteiger partial charge in [-0.3, -0.25) is 0 Å². The summed E-state index contributed by atoms with van der Waals surface area (Å²) in [4.78, 5) is 11.8. The average molecular weight is 345 g/mol. The molecule has 5 heteroatoms. The highest BCUT2D eigenvalue weighted by atomic mass is 16.5. The number of hydrogen-bond acceptors (Lipinski definition) is 4. The molecule has 3 aromatic carbocycles. The van der Waals surface area contributed by atoms with E-state index < -0.39 is 5.97 Å². The minimum Gasteiger partial charge on any atom is -0.488 e. The van der Waals surface area contributed by atoms with Crippen molar-refractivity contribution in [1.82, 2.24) is 0 Å². The van der Waals surface area contributed by atoms with Crippen LogP contribution in [0.5, 0.6) is 17.2 Å². The first-order valence-corrected chi connectivity index (χ1v) is 7.89. The number of nitriles is 1. The maximum atomic E-state index is 11.8. The summed E-state index contributed by atoms with van der Waals surface area (Å²) >= 11 is 0. The molecule has 3 rings (SSSR count). The minimum absolute atomic E-state index is 0.0308. The third-order valence-electron chi connectivity index (χ3n) is 3.65. The van der Waals surface area contributed by atoms with Crippen LogP contribution < -0.4 is 9.47 Å². The Morgan fingerprint density at radius 1 is 0.962 bits per heavy atom. The number of carbonyl (C=O) groups is 1. The Hall–Kier alpha value is -3.78. The number of benzene rings is 3. The van der Waals surface area contributed by atoms with Gasteiger partial charge in [-0.05, 0) is 29.8 Å². The second-order valence-corrected chi connectivity index (χ2v) is 5.42. The van der Waals surface area contributed by atoms with E-state index in [1.165, 1.54) is 12.1 Å². The van der Waals surface area contributed by atoms with Crippen LogP contribution in [0, 0.1) is 11.3 Å². The lowest BCUT2D eigenvalue weighted by molar-refractivity contribution is 0.0688. The van der Waals surface area contributed by atoms with Crippen LogP contribution in [0.25, 0.3) is 0 Å². The van der Waals surface area contributed by atoms with Gasteiger partial charge in [-0.2, -0.15) is 5.26 Å². The van der Waals surface area contributed by atoms with Gasteiger partial charge < -0.3 is 14.6 Å². The number of hydrogen-bond donors (Lipinski definition) is 1. The van der Waals surface area contributed by atoms with E-state index in [0.717, 1.165) is 5.56 Å². The first kappa shape index (κ1) is 17.1. The Kier molecular flexibility index (Phi) is 5.16. The van der Waals surface area contributed by atoms with Crippen LogP contribution in [-0.4, -0.2) is 11.1 Å². The van der Waals surface area contributed by atoms with Crippen molar-refractivity contribution in [1.29, 1.82) is 5.26 Å². The monoisotopic (exact) mass is 345 g/mol. The number of ether oxygens (including phenoxy) is 2. The molecule has 0 heterocycles. The van der Waals surface area contributed by atoms with Gasteiger partial charge in [-0.1, -0.05) is 48.5 Å². The molecule has 5 nitrogen and oxygen atoms in total. The second kappa shape index (κ2) is 7.86. The molecule has 0 spiro atoms. The van der Waals surface area contributed by atoms with Crippen LogP contribution in [0.4, 0.5) is 0 Å². The highest BCUT2D eigenvalue weighted by Gasteiger charge is 2.23. The molecule has 0 radical (unpaired) electrons. The summed E-state index contributed by atoms with van der Waals surface area (Å²) in [6, 6.07) is 23.0. The average Bonchev–Trinajstić information content (AvgIpc) is 2.67. The largest absolute Gasteiger partial charge is 0.488 e. The van der Waals surface area contributed by atoms with Gasteiger partial charge in [-0.15, -0.1) is 0 Å². The number of rotatable bonds is 6. The van der Waals surface area contributed by atoms with Crippen LogP contribution in [-0.2, 0) is 6.61 Å². The molecule has 0 amide bonds. The standard InChI is InChI=1S/C21H15NO4/c22-13-16-11-12-18(25-14-15-7-3-1-4-8-15)19(21(23)24)20(16)26-17-9-5-2-6-10-17/h1-12H,14H2,(H,23,24). The van der Waals surface area contributed by atoms with Crippen molar-refractivity contribution in [2.24, 2.45) is 0 Å². The normalized spacial score (nSPS) is 9.96. The summed E-state index contributed by atoms with van der Waals surface area (Å²) in [7, 11) is 0. The lowest BCUT2D eigenvalue weighted by atomic mass is 10.1. The van der Waals surface area contributed by atoms with Crippen molar-refractivity contribution in [2.45, 2.75) is 6.61 Å². The molecule has 0 bridgehead atoms. The first-order valence-electron chi connectivity index (χ1n) is 7.89. The van der Waals surface area contributed by atoms with Gasteiger partial charge in [0.25, 0.3) is 0 Å². The van der Waals surface area contributed by atoms with E-state index in [2.05, 4.69) is 0 Å². The van der Waals surface area contributed by atoms with Crippen LogP contribution >= 0.6 is 0 Å². The molecule has 0 saturated heterocycles. The molecular formula is C21H15NO4. The van der Waals surface area contributed by atoms with Crippen molar-refractivity contribution in [3.05, 3.63) is 89.5 Å². The van der Waals surface area contributed by atoms with Crippen LogP contribution in [0.3, 0.4) is 0 Å². The number of para-hydroxylation sites is 1. The summed E-state index contributed by atoms with van der Waals surface area (Å²) in [5.41, 5.74) is 0.848. The van der Waals surface area contributed by atoms with Crippen LogP contribution in [0.2, 0.25) is 0 Å². The van der Waals surface area contributed by atoms with Gasteiger partial charge in [0.15, 0.2) is 5.75 Å². The van der Waals surface area contributed by atoms with E-state index in [-0.39, 0.29) is 29.2 Å². The zero-order valence-corrected chi connectivity index (χ0v) is 13.8. The van der Waals surface area contributed by atoms with Gasteiger partial charge in [0.05, 0.1) is 5.56 Å². The molecule has 1 N–H and O–H groups in total. The predicted octanol–water partition coefficient (Wildman–Crippen LogP) is 4.63. The SMILES string of the molecule is N#Cc1ccc(OCc2ccccc2)c(C(=O)O)c1Oc1ccccc1. The van der Waals surface area contributed by atoms with E-state index in [1.807, 2.05) is 42.5 Å². The van der Waals surface area contributed by atoms with Crippen molar-refractivity contribution >= 4 is 5.97 Å². The summed E-state index contributed by atoms with van der Waals surface area (Å²) in [6.07, 6.45) is 0. The number of carboxylic acid groups (broad SMARTS) is 1. The predicted molar refractivity (Wildman–Crippen MR) is 95.4 cm³/mol. The minimum atomic E-state index is -1.23. The fourth-order valence-electron chi connectivity index (χ4n) is 2.42. The number of nitrogens with zero attached hydrogens (tertiary/aromatic N) is 1. The molecule has 26 heavy (non-hydrogen) atoms. The maximum Gasteiger partial charge on any atom is 0.343 e. The summed E-state index contributed by atoms with van der Waals surface area (Å²) in [5.74, 6) is -0.675. The third-order valence-corrected chi connectivity index (χ3v) is 3.65. The first-order chi connectivity index (χ1) is 12.7. The van der Waals surface area contributed by atoms with Gasteiger partial charge in [-0.25, -0.2) is 4.79 Å². The van der Waals surface area contributed by atoms with E-state index >= 15 is 0 Å². The Morgan fingerprint density at radius 3 is 2.23 bits per heavy atom. The molecule has 0 atom stereocenters. The quantitative estimate of drug-likeness (QED) is 0.705. The van der Waals surface area contributed by atoms with Crippen LogP contribution in [0.1, 0.15) is 21.5 Å². The Morgan fingerprint density at radius 2 is 1.62 bits per heavy atom. The molecular weight excluding hydrogens is 330 g/mol. The zero-order chi connectivity index (χ0) is 18.4. The fourth-order valence-corrected chi connectivity index (χ4v) is 2.42. The molecule has 0 aliphatic carbocycles. The van der Waals surface area contributed by atoms with Gasteiger partial charge >= 0.3 is 5.97 Å². The highest BCUT2D eigenvalue weighted by molar-refractivity contribution is 5.95. The smallest absolute Gasteiger partial charge is 0.343 e. The lowest BCUT2D eigenvalue weighted by Crippen LogP contribution is -2.07. The number of carboxylic acids is 1. The van der Waals surface area contributed by atoms with Gasteiger partial charge in [0.2, 0.25) is 0 Å². The Labute approximate surface area is 150 Å². The number of aromatic carboxylic acids is 1. The molecule has 0 fully saturated rings. The van der Waals surface area contributed by atoms with Crippen molar-refractivity contribution in [3.8, 4) is 23.3 Å². The third kappa shape index (κ3) is 3.82. The van der Waals surface area contributed by atoms with Gasteiger partial charge in [0.1, 0.15) is 29.7 Å². The molecule has 0 unspecified atom stereocenters. The van der Waals surface area contributed by atoms with Crippen molar-refractivity contribution in [2.75, 3.05) is 0 Å². The highest BCUT2D eigenvalue weighted by Crippen LogP contribution is 2.35. The van der Waals surface area contributed by atoms with Crippen molar-refractivity contribution in [3.63, 3.8) is 0 Å². The van der Waals surface area contributed by atoms with Gasteiger partial charge in [0, 0.05) is 0 Å². The topological polar surface area (TPSA) is 79.5 Å².